The third-order valence-electron chi connectivity index (χ3n) is 5.08. The molecule has 1 unspecified atom stereocenters. The molecule has 1 aromatic rings. The van der Waals surface area contributed by atoms with Crippen LogP contribution in [0.3, 0.4) is 0 Å². The summed E-state index contributed by atoms with van der Waals surface area (Å²) in [6, 6.07) is 5.50. The molecule has 1 saturated carbocycles. The number of carbonyl (C=O) groups is 1. The Bertz CT molecular complexity index is 529. The molecule has 5 heteroatoms. The van der Waals surface area contributed by atoms with Gasteiger partial charge in [-0.1, -0.05) is 0 Å². The molecule has 1 saturated heterocycles. The Labute approximate surface area is 130 Å². The highest BCUT2D eigenvalue weighted by Crippen LogP contribution is 2.48. The van der Waals surface area contributed by atoms with E-state index in [9.17, 15) is 4.79 Å². The summed E-state index contributed by atoms with van der Waals surface area (Å²) in [6.07, 6.45) is 4.31. The number of benzene rings is 1. The van der Waals surface area contributed by atoms with Crippen LogP contribution in [0.2, 0.25) is 0 Å². The van der Waals surface area contributed by atoms with E-state index in [4.69, 9.17) is 14.2 Å². The molecular weight excluding hydrogens is 282 g/mol. The summed E-state index contributed by atoms with van der Waals surface area (Å²) in [4.78, 5) is 12.6. The SMILES string of the molecule is COc1cc(OC)cc(C(=O)NC2CCC23CCOCC3)c1. The minimum absolute atomic E-state index is 0.0623. The summed E-state index contributed by atoms with van der Waals surface area (Å²) in [6.45, 7) is 1.61. The van der Waals surface area contributed by atoms with Crippen molar-refractivity contribution in [2.75, 3.05) is 27.4 Å². The van der Waals surface area contributed by atoms with Crippen molar-refractivity contribution >= 4 is 5.91 Å². The average Bonchev–Trinajstić information content (AvgIpc) is 2.58. The molecule has 120 valence electrons. The van der Waals surface area contributed by atoms with Gasteiger partial charge in [-0.3, -0.25) is 4.79 Å². The molecule has 1 spiro atoms. The van der Waals surface area contributed by atoms with Gasteiger partial charge in [-0.25, -0.2) is 0 Å². The van der Waals surface area contributed by atoms with Crippen LogP contribution in [0.15, 0.2) is 18.2 Å². The fourth-order valence-corrected chi connectivity index (χ4v) is 3.48. The molecule has 0 aromatic heterocycles. The molecule has 1 heterocycles. The third-order valence-corrected chi connectivity index (χ3v) is 5.08. The van der Waals surface area contributed by atoms with Crippen molar-refractivity contribution in [3.05, 3.63) is 23.8 Å². The molecule has 1 atom stereocenters. The van der Waals surface area contributed by atoms with Gasteiger partial charge in [-0.2, -0.15) is 0 Å². The van der Waals surface area contributed by atoms with E-state index in [1.165, 1.54) is 6.42 Å². The zero-order valence-electron chi connectivity index (χ0n) is 13.2. The number of hydrogen-bond acceptors (Lipinski definition) is 4. The van der Waals surface area contributed by atoms with E-state index in [0.29, 0.717) is 17.1 Å². The van der Waals surface area contributed by atoms with Crippen molar-refractivity contribution in [2.24, 2.45) is 5.41 Å². The lowest BCUT2D eigenvalue weighted by Crippen LogP contribution is -2.57. The lowest BCUT2D eigenvalue weighted by molar-refractivity contribution is -0.0523. The van der Waals surface area contributed by atoms with Crippen LogP contribution in [-0.4, -0.2) is 39.4 Å². The normalized spacial score (nSPS) is 22.7. The predicted octanol–water partition coefficient (Wildman–Crippen LogP) is 2.39. The first-order valence-corrected chi connectivity index (χ1v) is 7.78. The smallest absolute Gasteiger partial charge is 0.251 e. The Morgan fingerprint density at radius 2 is 1.77 bits per heavy atom. The van der Waals surface area contributed by atoms with Crippen molar-refractivity contribution < 1.29 is 19.0 Å². The first kappa shape index (κ1) is 15.2. The van der Waals surface area contributed by atoms with E-state index in [1.54, 1.807) is 32.4 Å². The molecule has 5 nitrogen and oxygen atoms in total. The standard InChI is InChI=1S/C17H23NO4/c1-20-13-9-12(10-14(11-13)21-2)16(19)18-15-3-4-17(15)5-7-22-8-6-17/h9-11,15H,3-8H2,1-2H3,(H,18,19). The van der Waals surface area contributed by atoms with E-state index in [0.717, 1.165) is 32.5 Å². The maximum atomic E-state index is 12.6. The second-order valence-corrected chi connectivity index (χ2v) is 6.14. The maximum absolute atomic E-state index is 12.6. The Hall–Kier alpha value is -1.75. The fourth-order valence-electron chi connectivity index (χ4n) is 3.48. The number of nitrogens with one attached hydrogen (secondary N) is 1. The van der Waals surface area contributed by atoms with Gasteiger partial charge >= 0.3 is 0 Å². The molecule has 1 aromatic carbocycles. The number of hydrogen-bond donors (Lipinski definition) is 1. The van der Waals surface area contributed by atoms with Crippen LogP contribution in [0.4, 0.5) is 0 Å². The molecule has 3 rings (SSSR count). The van der Waals surface area contributed by atoms with Crippen LogP contribution in [0.5, 0.6) is 11.5 Å². The van der Waals surface area contributed by atoms with E-state index in [-0.39, 0.29) is 17.4 Å². The Morgan fingerprint density at radius 1 is 1.14 bits per heavy atom. The summed E-state index contributed by atoms with van der Waals surface area (Å²) in [5, 5.41) is 3.19. The first-order chi connectivity index (χ1) is 10.7. The fraction of sp³-hybridized carbons (Fsp3) is 0.588. The van der Waals surface area contributed by atoms with Gasteiger partial charge in [0.25, 0.3) is 5.91 Å². The zero-order valence-corrected chi connectivity index (χ0v) is 13.2. The number of carbonyl (C=O) groups excluding carboxylic acids is 1. The predicted molar refractivity (Wildman–Crippen MR) is 82.5 cm³/mol. The highest BCUT2D eigenvalue weighted by molar-refractivity contribution is 5.95. The summed E-state index contributed by atoms with van der Waals surface area (Å²) >= 11 is 0. The molecule has 2 fully saturated rings. The van der Waals surface area contributed by atoms with E-state index in [2.05, 4.69) is 5.32 Å². The van der Waals surface area contributed by atoms with Crippen LogP contribution >= 0.6 is 0 Å². The number of rotatable bonds is 4. The monoisotopic (exact) mass is 305 g/mol. The Kier molecular flexibility index (Phi) is 4.25. The summed E-state index contributed by atoms with van der Waals surface area (Å²) < 4.78 is 15.9. The van der Waals surface area contributed by atoms with Gasteiger partial charge in [0, 0.05) is 30.9 Å². The van der Waals surface area contributed by atoms with Crippen molar-refractivity contribution in [3.8, 4) is 11.5 Å². The molecule has 1 amide bonds. The molecule has 1 aliphatic heterocycles. The van der Waals surface area contributed by atoms with E-state index in [1.807, 2.05) is 0 Å². The third kappa shape index (κ3) is 2.77. The topological polar surface area (TPSA) is 56.8 Å². The summed E-state index contributed by atoms with van der Waals surface area (Å²) in [7, 11) is 3.17. The molecule has 0 bridgehead atoms. The van der Waals surface area contributed by atoms with Gasteiger partial charge in [0.1, 0.15) is 11.5 Å². The van der Waals surface area contributed by atoms with Gasteiger partial charge < -0.3 is 19.5 Å². The van der Waals surface area contributed by atoms with Gasteiger partial charge in [0.2, 0.25) is 0 Å². The first-order valence-electron chi connectivity index (χ1n) is 7.78. The van der Waals surface area contributed by atoms with Crippen LogP contribution < -0.4 is 14.8 Å². The average molecular weight is 305 g/mol. The lowest BCUT2D eigenvalue weighted by atomic mass is 9.60. The number of amides is 1. The second-order valence-electron chi connectivity index (χ2n) is 6.14. The molecule has 1 N–H and O–H groups in total. The van der Waals surface area contributed by atoms with E-state index < -0.39 is 0 Å². The largest absolute Gasteiger partial charge is 0.497 e. The highest BCUT2D eigenvalue weighted by Gasteiger charge is 2.48. The van der Waals surface area contributed by atoms with Crippen LogP contribution in [0, 0.1) is 5.41 Å². The highest BCUT2D eigenvalue weighted by atomic mass is 16.5. The second kappa shape index (κ2) is 6.16. The maximum Gasteiger partial charge on any atom is 0.251 e. The van der Waals surface area contributed by atoms with E-state index >= 15 is 0 Å². The Morgan fingerprint density at radius 3 is 2.27 bits per heavy atom. The lowest BCUT2D eigenvalue weighted by Gasteiger charge is -2.52. The van der Waals surface area contributed by atoms with Crippen molar-refractivity contribution in [1.82, 2.24) is 5.32 Å². The summed E-state index contributed by atoms with van der Waals surface area (Å²) in [5.74, 6) is 1.19. The van der Waals surface area contributed by atoms with Gasteiger partial charge in [-0.05, 0) is 43.2 Å². The van der Waals surface area contributed by atoms with Crippen LogP contribution in [0.25, 0.3) is 0 Å². The minimum atomic E-state index is -0.0623. The quantitative estimate of drug-likeness (QED) is 0.928. The Balaban J connectivity index is 1.72. The van der Waals surface area contributed by atoms with Gasteiger partial charge in [-0.15, -0.1) is 0 Å². The molecule has 2 aliphatic rings. The van der Waals surface area contributed by atoms with Crippen LogP contribution in [0.1, 0.15) is 36.0 Å². The van der Waals surface area contributed by atoms with Crippen molar-refractivity contribution in [3.63, 3.8) is 0 Å². The number of ether oxygens (including phenoxy) is 3. The molecule has 0 radical (unpaired) electrons. The van der Waals surface area contributed by atoms with Crippen molar-refractivity contribution in [1.29, 1.82) is 0 Å². The van der Waals surface area contributed by atoms with Gasteiger partial charge in [0.15, 0.2) is 0 Å². The molecule has 22 heavy (non-hydrogen) atoms. The van der Waals surface area contributed by atoms with Crippen LogP contribution in [-0.2, 0) is 4.74 Å². The number of methoxy groups -OCH3 is 2. The zero-order chi connectivity index (χ0) is 15.6. The summed E-state index contributed by atoms with van der Waals surface area (Å²) in [5.41, 5.74) is 0.821. The molecular formula is C17H23NO4. The minimum Gasteiger partial charge on any atom is -0.497 e. The van der Waals surface area contributed by atoms with Gasteiger partial charge in [0.05, 0.1) is 14.2 Å². The van der Waals surface area contributed by atoms with Crippen molar-refractivity contribution in [2.45, 2.75) is 31.7 Å². The molecule has 1 aliphatic carbocycles.